The summed E-state index contributed by atoms with van der Waals surface area (Å²) < 4.78 is 0. The maximum Gasteiger partial charge on any atom is 0.269 e. The van der Waals surface area contributed by atoms with Gasteiger partial charge < -0.3 is 5.41 Å². The third kappa shape index (κ3) is 2.36. The zero-order valence-corrected chi connectivity index (χ0v) is 13.8. The van der Waals surface area contributed by atoms with Gasteiger partial charge in [0.15, 0.2) is 5.41 Å². The molecule has 0 amide bonds. The number of fused-ring (bicyclic) bond motifs is 1. The molecule has 1 aromatic rings. The first kappa shape index (κ1) is 17.3. The van der Waals surface area contributed by atoms with Crippen LogP contribution < -0.4 is 0 Å². The van der Waals surface area contributed by atoms with Crippen molar-refractivity contribution in [1.82, 2.24) is 0 Å². The van der Waals surface area contributed by atoms with Crippen LogP contribution in [0.3, 0.4) is 0 Å². The van der Waals surface area contributed by atoms with Crippen molar-refractivity contribution >= 4 is 11.4 Å². The van der Waals surface area contributed by atoms with Crippen molar-refractivity contribution in [2.45, 2.75) is 25.2 Å². The highest BCUT2D eigenvalue weighted by Crippen LogP contribution is 2.55. The SMILES string of the molecule is N#C[C@@H]1C(=N)C(C#N)(C#N)[C@@H](c2ccc([N+](=O)[O-])cc2)[C@@H]2CCCC=C12. The fraction of sp³-hybridized carbons (Fsp3) is 0.368. The van der Waals surface area contributed by atoms with Gasteiger partial charge in [-0.2, -0.15) is 15.8 Å². The average molecular weight is 345 g/mol. The van der Waals surface area contributed by atoms with E-state index in [2.05, 4.69) is 6.07 Å². The van der Waals surface area contributed by atoms with Crippen molar-refractivity contribution < 1.29 is 4.92 Å². The summed E-state index contributed by atoms with van der Waals surface area (Å²) >= 11 is 0. The minimum absolute atomic E-state index is 0.0755. The second-order valence-corrected chi connectivity index (χ2v) is 6.58. The fourth-order valence-electron chi connectivity index (χ4n) is 4.19. The lowest BCUT2D eigenvalue weighted by Gasteiger charge is -2.45. The molecule has 0 heterocycles. The predicted molar refractivity (Wildman–Crippen MR) is 91.8 cm³/mol. The summed E-state index contributed by atoms with van der Waals surface area (Å²) in [5.74, 6) is -1.70. The van der Waals surface area contributed by atoms with Crippen molar-refractivity contribution in [3.63, 3.8) is 0 Å². The van der Waals surface area contributed by atoms with Crippen LogP contribution in [-0.2, 0) is 0 Å². The Kier molecular flexibility index (Phi) is 4.28. The van der Waals surface area contributed by atoms with E-state index in [0.29, 0.717) is 12.0 Å². The van der Waals surface area contributed by atoms with Crippen LogP contribution in [0.4, 0.5) is 5.69 Å². The number of benzene rings is 1. The van der Waals surface area contributed by atoms with E-state index in [9.17, 15) is 25.9 Å². The van der Waals surface area contributed by atoms with Gasteiger partial charge in [0.1, 0.15) is 5.92 Å². The van der Waals surface area contributed by atoms with Gasteiger partial charge in [-0.25, -0.2) is 0 Å². The summed E-state index contributed by atoms with van der Waals surface area (Å²) in [6, 6.07) is 11.9. The topological polar surface area (TPSA) is 138 Å². The van der Waals surface area contributed by atoms with Gasteiger partial charge in [-0.05, 0) is 36.3 Å². The lowest BCUT2D eigenvalue weighted by atomic mass is 9.53. The number of nitrogens with zero attached hydrogens (tertiary/aromatic N) is 4. The number of hydrogen-bond acceptors (Lipinski definition) is 6. The number of non-ortho nitro benzene ring substituents is 1. The van der Waals surface area contributed by atoms with Gasteiger partial charge in [-0.1, -0.05) is 18.2 Å². The molecule has 1 saturated carbocycles. The minimum atomic E-state index is -1.75. The number of nitriles is 3. The van der Waals surface area contributed by atoms with Gasteiger partial charge >= 0.3 is 0 Å². The largest absolute Gasteiger partial charge is 0.305 e. The van der Waals surface area contributed by atoms with Gasteiger partial charge in [0.2, 0.25) is 0 Å². The molecule has 7 nitrogen and oxygen atoms in total. The van der Waals surface area contributed by atoms with Crippen molar-refractivity contribution in [1.29, 1.82) is 21.2 Å². The average Bonchev–Trinajstić information content (AvgIpc) is 2.67. The summed E-state index contributed by atoms with van der Waals surface area (Å²) in [5.41, 5.74) is -0.618. The Bertz CT molecular complexity index is 913. The molecule has 0 aliphatic heterocycles. The molecule has 0 spiro atoms. The Morgan fingerprint density at radius 3 is 2.38 bits per heavy atom. The molecule has 26 heavy (non-hydrogen) atoms. The van der Waals surface area contributed by atoms with Gasteiger partial charge in [0.05, 0.1) is 28.8 Å². The molecule has 0 unspecified atom stereocenters. The van der Waals surface area contributed by atoms with Crippen molar-refractivity contribution in [2.75, 3.05) is 0 Å². The van der Waals surface area contributed by atoms with Gasteiger partial charge in [-0.15, -0.1) is 0 Å². The Labute approximate surface area is 150 Å². The number of allylic oxidation sites excluding steroid dienone is 2. The summed E-state index contributed by atoms with van der Waals surface area (Å²) in [6.45, 7) is 0. The number of nitro benzene ring substituents is 1. The first-order valence-corrected chi connectivity index (χ1v) is 8.25. The molecule has 1 N–H and O–H groups in total. The first-order chi connectivity index (χ1) is 12.5. The van der Waals surface area contributed by atoms with Crippen LogP contribution in [0.2, 0.25) is 0 Å². The van der Waals surface area contributed by atoms with Gasteiger partial charge in [0, 0.05) is 18.1 Å². The highest BCUT2D eigenvalue weighted by atomic mass is 16.6. The molecular weight excluding hydrogens is 330 g/mol. The van der Waals surface area contributed by atoms with E-state index in [-0.39, 0.29) is 17.3 Å². The molecule has 1 fully saturated rings. The summed E-state index contributed by atoms with van der Waals surface area (Å²) in [4.78, 5) is 10.4. The molecule has 2 aliphatic rings. The van der Waals surface area contributed by atoms with E-state index in [1.807, 2.05) is 18.2 Å². The zero-order chi connectivity index (χ0) is 18.9. The fourth-order valence-corrected chi connectivity index (χ4v) is 4.19. The van der Waals surface area contributed by atoms with E-state index < -0.39 is 22.2 Å². The molecule has 2 aliphatic carbocycles. The van der Waals surface area contributed by atoms with E-state index in [4.69, 9.17) is 5.41 Å². The number of rotatable bonds is 2. The molecule has 0 bridgehead atoms. The quantitative estimate of drug-likeness (QED) is 0.495. The van der Waals surface area contributed by atoms with Crippen LogP contribution in [-0.4, -0.2) is 10.6 Å². The third-order valence-corrected chi connectivity index (χ3v) is 5.39. The van der Waals surface area contributed by atoms with Crippen molar-refractivity contribution in [2.24, 2.45) is 17.3 Å². The van der Waals surface area contributed by atoms with Crippen molar-refractivity contribution in [3.8, 4) is 18.2 Å². The first-order valence-electron chi connectivity index (χ1n) is 8.25. The zero-order valence-electron chi connectivity index (χ0n) is 13.8. The highest BCUT2D eigenvalue weighted by Gasteiger charge is 2.57. The van der Waals surface area contributed by atoms with Crippen LogP contribution in [0.1, 0.15) is 30.7 Å². The molecule has 1 aromatic carbocycles. The lowest BCUT2D eigenvalue weighted by molar-refractivity contribution is -0.384. The molecule has 0 radical (unpaired) electrons. The lowest BCUT2D eigenvalue weighted by Crippen LogP contribution is -2.48. The Hall–Kier alpha value is -3.50. The minimum Gasteiger partial charge on any atom is -0.305 e. The predicted octanol–water partition coefficient (Wildman–Crippen LogP) is 3.61. The van der Waals surface area contributed by atoms with Gasteiger partial charge in [-0.3, -0.25) is 10.1 Å². The Morgan fingerprint density at radius 1 is 1.19 bits per heavy atom. The maximum absolute atomic E-state index is 10.9. The Morgan fingerprint density at radius 2 is 1.85 bits per heavy atom. The van der Waals surface area contributed by atoms with E-state index >= 15 is 0 Å². The molecule has 0 aromatic heterocycles. The van der Waals surface area contributed by atoms with E-state index in [1.165, 1.54) is 12.1 Å². The molecule has 3 atom stereocenters. The smallest absolute Gasteiger partial charge is 0.269 e. The number of hydrogen-bond donors (Lipinski definition) is 1. The standard InChI is InChI=1S/C19H15N5O2/c20-9-16-14-3-1-2-4-15(14)17(19(10-21,11-22)18(16)23)12-5-7-13(8-6-12)24(25)26/h3,5-8,15-17,23H,1-2,4H2/t15-,16+,17+/m1/s1. The maximum atomic E-state index is 10.9. The van der Waals surface area contributed by atoms with Crippen molar-refractivity contribution in [3.05, 3.63) is 51.6 Å². The van der Waals surface area contributed by atoms with Crippen LogP contribution >= 0.6 is 0 Å². The van der Waals surface area contributed by atoms with Crippen LogP contribution in [0.15, 0.2) is 35.9 Å². The summed E-state index contributed by atoms with van der Waals surface area (Å²) in [5, 5.41) is 48.6. The second kappa shape index (κ2) is 6.43. The second-order valence-electron chi connectivity index (χ2n) is 6.58. The van der Waals surface area contributed by atoms with Gasteiger partial charge in [0.25, 0.3) is 5.69 Å². The number of nitrogens with one attached hydrogen (secondary N) is 1. The summed E-state index contributed by atoms with van der Waals surface area (Å²) in [7, 11) is 0. The summed E-state index contributed by atoms with van der Waals surface area (Å²) in [6.07, 6.45) is 4.34. The molecule has 7 heteroatoms. The van der Waals surface area contributed by atoms with Crippen LogP contribution in [0.5, 0.6) is 0 Å². The van der Waals surface area contributed by atoms with E-state index in [1.54, 1.807) is 12.1 Å². The molecular formula is C19H15N5O2. The normalized spacial score (nSPS) is 26.4. The third-order valence-electron chi connectivity index (χ3n) is 5.39. The van der Waals surface area contributed by atoms with Crippen LogP contribution in [0.25, 0.3) is 0 Å². The van der Waals surface area contributed by atoms with Crippen LogP contribution in [0, 0.1) is 66.8 Å². The molecule has 3 rings (SSSR count). The monoisotopic (exact) mass is 345 g/mol. The number of nitro groups is 1. The van der Waals surface area contributed by atoms with E-state index in [0.717, 1.165) is 18.4 Å². The molecule has 128 valence electrons. The molecule has 0 saturated heterocycles. The highest BCUT2D eigenvalue weighted by molar-refractivity contribution is 6.00. The Balaban J connectivity index is 2.21.